The second kappa shape index (κ2) is 9.53. The van der Waals surface area contributed by atoms with Gasteiger partial charge in [0.15, 0.2) is 10.3 Å². The second-order valence-electron chi connectivity index (χ2n) is 6.94. The fourth-order valence-corrected chi connectivity index (χ4v) is 4.98. The van der Waals surface area contributed by atoms with Crippen LogP contribution in [0.5, 0.6) is 5.75 Å². The number of rotatable bonds is 8. The Morgan fingerprint density at radius 1 is 1.16 bits per heavy atom. The number of carbonyl (C=O) groups excluding carboxylic acids is 1. The molecule has 0 saturated heterocycles. The molecule has 0 radical (unpaired) electrons. The molecule has 2 heterocycles. The molecule has 0 aliphatic carbocycles. The van der Waals surface area contributed by atoms with Gasteiger partial charge in [-0.3, -0.25) is 9.69 Å². The van der Waals surface area contributed by atoms with Crippen LogP contribution < -0.4 is 9.64 Å². The summed E-state index contributed by atoms with van der Waals surface area (Å²) in [5, 5.41) is 3.50. The van der Waals surface area contributed by atoms with Crippen LogP contribution in [0.3, 0.4) is 0 Å². The maximum absolute atomic E-state index is 12.3. The van der Waals surface area contributed by atoms with E-state index >= 15 is 0 Å². The molecule has 2 aromatic carbocycles. The fraction of sp³-hybridized carbons (Fsp3) is 0.261. The molecule has 160 valence electrons. The van der Waals surface area contributed by atoms with E-state index in [0.29, 0.717) is 17.5 Å². The van der Waals surface area contributed by atoms with E-state index in [1.165, 1.54) is 16.9 Å². The summed E-state index contributed by atoms with van der Waals surface area (Å²) in [6, 6.07) is 13.9. The number of ether oxygens (including phenoxy) is 1. The van der Waals surface area contributed by atoms with Crippen LogP contribution in [0.1, 0.15) is 32.0 Å². The van der Waals surface area contributed by atoms with Gasteiger partial charge in [0.1, 0.15) is 5.75 Å². The Hall–Kier alpha value is -2.84. The number of amides is 1. The quantitative estimate of drug-likeness (QED) is 0.334. The molecule has 31 heavy (non-hydrogen) atoms. The number of nitrogens with one attached hydrogen (secondary N) is 1. The Morgan fingerprint density at radius 3 is 2.68 bits per heavy atom. The standard InChI is InChI=1S/C23H24N4O2S2/c1-4-16-6-8-18(9-7-16)27(15(3)28)23-24-17(14-31-23)13-30-22-25-20-11-10-19(29-5-2)12-21(20)26-22/h6-12,14H,4-5,13H2,1-3H3,(H,25,26). The number of benzene rings is 2. The predicted molar refractivity (Wildman–Crippen MR) is 128 cm³/mol. The molecule has 4 rings (SSSR count). The average molecular weight is 453 g/mol. The molecule has 0 unspecified atom stereocenters. The van der Waals surface area contributed by atoms with Gasteiger partial charge in [-0.25, -0.2) is 9.97 Å². The number of H-pyrrole nitrogens is 1. The maximum Gasteiger partial charge on any atom is 0.230 e. The van der Waals surface area contributed by atoms with Crippen LogP contribution >= 0.6 is 23.1 Å². The monoisotopic (exact) mass is 452 g/mol. The van der Waals surface area contributed by atoms with E-state index in [0.717, 1.165) is 39.7 Å². The molecule has 0 atom stereocenters. The maximum atomic E-state index is 12.3. The van der Waals surface area contributed by atoms with Gasteiger partial charge in [0.05, 0.1) is 29.0 Å². The molecule has 4 aromatic rings. The van der Waals surface area contributed by atoms with Crippen molar-refractivity contribution in [2.75, 3.05) is 11.5 Å². The minimum atomic E-state index is -0.0554. The van der Waals surface area contributed by atoms with Crippen LogP contribution in [-0.2, 0) is 17.0 Å². The number of anilines is 2. The van der Waals surface area contributed by atoms with Gasteiger partial charge < -0.3 is 9.72 Å². The molecule has 0 bridgehead atoms. The average Bonchev–Trinajstić information content (AvgIpc) is 3.39. The molecule has 8 heteroatoms. The van der Waals surface area contributed by atoms with E-state index in [1.54, 1.807) is 23.6 Å². The number of hydrogen-bond donors (Lipinski definition) is 1. The van der Waals surface area contributed by atoms with Gasteiger partial charge in [-0.15, -0.1) is 11.3 Å². The highest BCUT2D eigenvalue weighted by molar-refractivity contribution is 7.98. The van der Waals surface area contributed by atoms with Gasteiger partial charge in [0.25, 0.3) is 0 Å². The van der Waals surface area contributed by atoms with E-state index in [2.05, 4.69) is 16.9 Å². The third-order valence-electron chi connectivity index (χ3n) is 4.75. The Morgan fingerprint density at radius 2 is 1.97 bits per heavy atom. The minimum Gasteiger partial charge on any atom is -0.494 e. The summed E-state index contributed by atoms with van der Waals surface area (Å²) in [4.78, 5) is 26.6. The first-order valence-electron chi connectivity index (χ1n) is 10.2. The van der Waals surface area contributed by atoms with Gasteiger partial charge in [0, 0.05) is 24.1 Å². The van der Waals surface area contributed by atoms with Gasteiger partial charge in [-0.1, -0.05) is 30.8 Å². The number of imidazole rings is 1. The number of thiazole rings is 1. The third-order valence-corrected chi connectivity index (χ3v) is 6.53. The van der Waals surface area contributed by atoms with Crippen molar-refractivity contribution >= 4 is 50.9 Å². The number of carbonyl (C=O) groups is 1. The van der Waals surface area contributed by atoms with E-state index in [9.17, 15) is 4.79 Å². The molecule has 0 aliphatic rings. The first kappa shape index (κ1) is 21.4. The Labute approximate surface area is 189 Å². The summed E-state index contributed by atoms with van der Waals surface area (Å²) in [6.45, 7) is 6.28. The van der Waals surface area contributed by atoms with E-state index in [1.807, 2.05) is 54.8 Å². The van der Waals surface area contributed by atoms with Crippen molar-refractivity contribution in [3.63, 3.8) is 0 Å². The lowest BCUT2D eigenvalue weighted by atomic mass is 10.1. The number of thioether (sulfide) groups is 1. The SMILES string of the molecule is CCOc1ccc2nc(SCc3csc(N(C(C)=O)c4ccc(CC)cc4)n3)[nH]c2c1. The highest BCUT2D eigenvalue weighted by Crippen LogP contribution is 2.31. The number of nitrogens with zero attached hydrogens (tertiary/aromatic N) is 3. The van der Waals surface area contributed by atoms with Crippen LogP contribution in [0.4, 0.5) is 10.8 Å². The van der Waals surface area contributed by atoms with Crippen LogP contribution in [0.25, 0.3) is 11.0 Å². The Bertz CT molecular complexity index is 1180. The third kappa shape index (κ3) is 4.91. The van der Waals surface area contributed by atoms with E-state index in [-0.39, 0.29) is 5.91 Å². The van der Waals surface area contributed by atoms with Crippen molar-refractivity contribution in [2.45, 2.75) is 38.1 Å². The van der Waals surface area contributed by atoms with E-state index < -0.39 is 0 Å². The van der Waals surface area contributed by atoms with Gasteiger partial charge in [-0.2, -0.15) is 0 Å². The summed E-state index contributed by atoms with van der Waals surface area (Å²) in [5.41, 5.74) is 4.84. The molecule has 1 amide bonds. The molecule has 0 saturated carbocycles. The second-order valence-corrected chi connectivity index (χ2v) is 8.74. The van der Waals surface area contributed by atoms with Crippen molar-refractivity contribution in [2.24, 2.45) is 0 Å². The number of hydrogen-bond acceptors (Lipinski definition) is 6. The number of fused-ring (bicyclic) bond motifs is 1. The summed E-state index contributed by atoms with van der Waals surface area (Å²) in [6.07, 6.45) is 0.966. The predicted octanol–water partition coefficient (Wildman–Crippen LogP) is 5.96. The van der Waals surface area contributed by atoms with Crippen LogP contribution in [0.15, 0.2) is 53.0 Å². The van der Waals surface area contributed by atoms with Crippen molar-refractivity contribution in [1.29, 1.82) is 0 Å². The number of aryl methyl sites for hydroxylation is 1. The van der Waals surface area contributed by atoms with E-state index in [4.69, 9.17) is 9.72 Å². The van der Waals surface area contributed by atoms with Crippen LogP contribution in [0.2, 0.25) is 0 Å². The van der Waals surface area contributed by atoms with Crippen LogP contribution in [-0.4, -0.2) is 27.5 Å². The first-order chi connectivity index (χ1) is 15.1. The minimum absolute atomic E-state index is 0.0554. The lowest BCUT2D eigenvalue weighted by molar-refractivity contribution is -0.115. The highest BCUT2D eigenvalue weighted by atomic mass is 32.2. The largest absolute Gasteiger partial charge is 0.494 e. The smallest absolute Gasteiger partial charge is 0.230 e. The zero-order valence-corrected chi connectivity index (χ0v) is 19.3. The zero-order valence-electron chi connectivity index (χ0n) is 17.7. The Balaban J connectivity index is 1.47. The molecule has 2 aromatic heterocycles. The number of aromatic nitrogens is 3. The summed E-state index contributed by atoms with van der Waals surface area (Å²) < 4.78 is 5.55. The van der Waals surface area contributed by atoms with Gasteiger partial charge in [-0.05, 0) is 43.2 Å². The normalized spacial score (nSPS) is 11.1. The number of aromatic amines is 1. The van der Waals surface area contributed by atoms with Gasteiger partial charge in [0.2, 0.25) is 5.91 Å². The lowest BCUT2D eigenvalue weighted by Gasteiger charge is -2.18. The molecule has 0 aliphatic heterocycles. The molecule has 0 fully saturated rings. The van der Waals surface area contributed by atoms with Crippen LogP contribution in [0, 0.1) is 0 Å². The lowest BCUT2D eigenvalue weighted by Crippen LogP contribution is -2.22. The first-order valence-corrected chi connectivity index (χ1v) is 12.0. The van der Waals surface area contributed by atoms with Crippen molar-refractivity contribution in [3.05, 3.63) is 59.1 Å². The summed E-state index contributed by atoms with van der Waals surface area (Å²) in [7, 11) is 0. The summed E-state index contributed by atoms with van der Waals surface area (Å²) in [5.74, 6) is 1.44. The highest BCUT2D eigenvalue weighted by Gasteiger charge is 2.18. The fourth-order valence-electron chi connectivity index (χ4n) is 3.21. The zero-order chi connectivity index (χ0) is 21.8. The van der Waals surface area contributed by atoms with Gasteiger partial charge >= 0.3 is 0 Å². The Kier molecular flexibility index (Phi) is 6.58. The van der Waals surface area contributed by atoms with Crippen molar-refractivity contribution in [3.8, 4) is 5.75 Å². The topological polar surface area (TPSA) is 71.1 Å². The molecule has 6 nitrogen and oxygen atoms in total. The van der Waals surface area contributed by atoms with Crippen molar-refractivity contribution < 1.29 is 9.53 Å². The molecule has 1 N–H and O–H groups in total. The molecular formula is C23H24N4O2S2. The summed E-state index contributed by atoms with van der Waals surface area (Å²) >= 11 is 3.06. The molecular weight excluding hydrogens is 428 g/mol. The van der Waals surface area contributed by atoms with Crippen molar-refractivity contribution in [1.82, 2.24) is 15.0 Å². The molecule has 0 spiro atoms.